The smallest absolute Gasteiger partial charge is 0.407 e. The minimum Gasteiger partial charge on any atom is -0.465 e. The molecule has 1 aliphatic heterocycles. The van der Waals surface area contributed by atoms with Gasteiger partial charge in [0.25, 0.3) is 0 Å². The van der Waals surface area contributed by atoms with Crippen molar-refractivity contribution >= 4 is 17.6 Å². The molecule has 1 amide bonds. The van der Waals surface area contributed by atoms with Gasteiger partial charge in [-0.25, -0.2) is 9.78 Å². The first-order valence-electron chi connectivity index (χ1n) is 7.69. The Labute approximate surface area is 130 Å². The van der Waals surface area contributed by atoms with Crippen LogP contribution in [0.25, 0.3) is 5.65 Å². The highest BCUT2D eigenvalue weighted by Gasteiger charge is 2.25. The van der Waals surface area contributed by atoms with E-state index in [0.29, 0.717) is 19.0 Å². The number of nitrogens with zero attached hydrogens (tertiary/aromatic N) is 4. The summed E-state index contributed by atoms with van der Waals surface area (Å²) in [5.74, 6) is 1.20. The van der Waals surface area contributed by atoms with E-state index < -0.39 is 6.09 Å². The third kappa shape index (κ3) is 3.13. The van der Waals surface area contributed by atoms with E-state index in [9.17, 15) is 4.79 Å². The van der Waals surface area contributed by atoms with Crippen LogP contribution in [0.1, 0.15) is 38.3 Å². The molecule has 0 aromatic carbocycles. The molecule has 3 heterocycles. The van der Waals surface area contributed by atoms with Gasteiger partial charge in [-0.3, -0.25) is 0 Å². The van der Waals surface area contributed by atoms with Gasteiger partial charge in [0.1, 0.15) is 5.82 Å². The molecule has 2 N–H and O–H groups in total. The lowest BCUT2D eigenvalue weighted by molar-refractivity contribution is 0.131. The highest BCUT2D eigenvalue weighted by Crippen LogP contribution is 2.28. The van der Waals surface area contributed by atoms with E-state index in [4.69, 9.17) is 5.11 Å². The predicted octanol–water partition coefficient (Wildman–Crippen LogP) is 2.65. The lowest BCUT2D eigenvalue weighted by Gasteiger charge is -2.29. The fourth-order valence-electron chi connectivity index (χ4n) is 2.69. The van der Waals surface area contributed by atoms with Crippen molar-refractivity contribution in [3.8, 4) is 0 Å². The zero-order valence-electron chi connectivity index (χ0n) is 13.3. The molecule has 1 fully saturated rings. The molecule has 3 rings (SSSR count). The molecular formula is C15H23N5O2. The normalized spacial score (nSPS) is 15.3. The van der Waals surface area contributed by atoms with Crippen LogP contribution < -0.4 is 5.32 Å². The highest BCUT2D eigenvalue weighted by atomic mass is 16.4. The van der Waals surface area contributed by atoms with Gasteiger partial charge >= 0.3 is 6.09 Å². The number of piperidine rings is 1. The zero-order chi connectivity index (χ0) is 16.1. The van der Waals surface area contributed by atoms with E-state index in [1.807, 2.05) is 33.0 Å². The van der Waals surface area contributed by atoms with Gasteiger partial charge < -0.3 is 15.3 Å². The maximum atomic E-state index is 10.9. The molecule has 0 unspecified atom stereocenters. The van der Waals surface area contributed by atoms with Gasteiger partial charge in [-0.1, -0.05) is 13.8 Å². The summed E-state index contributed by atoms with van der Waals surface area (Å²) >= 11 is 0. The molecule has 7 nitrogen and oxygen atoms in total. The van der Waals surface area contributed by atoms with Crippen LogP contribution >= 0.6 is 0 Å². The van der Waals surface area contributed by atoms with Gasteiger partial charge in [-0.2, -0.15) is 9.61 Å². The first kappa shape index (κ1) is 16.1. The van der Waals surface area contributed by atoms with Crippen LogP contribution in [0.2, 0.25) is 0 Å². The zero-order valence-corrected chi connectivity index (χ0v) is 13.3. The molecule has 0 atom stereocenters. The van der Waals surface area contributed by atoms with Gasteiger partial charge in [-0.15, -0.1) is 0 Å². The molecular weight excluding hydrogens is 282 g/mol. The standard InChI is InChI=1S/C13H17N5O2.C2H6/c1-14-12-8-10(16-11-2-5-15-18(11)12)9-3-6-17(7-4-9)13(19)20;1-2/h2,5,8-9,14H,3-4,6-7H2,1H3,(H,19,20);1-2H3. The number of likely N-dealkylation sites (tertiary alicyclic amines) is 1. The molecule has 0 aliphatic carbocycles. The molecule has 120 valence electrons. The van der Waals surface area contributed by atoms with E-state index >= 15 is 0 Å². The van der Waals surface area contributed by atoms with E-state index in [0.717, 1.165) is 30.0 Å². The van der Waals surface area contributed by atoms with Gasteiger partial charge in [0.2, 0.25) is 0 Å². The third-order valence-electron chi connectivity index (χ3n) is 3.82. The topological polar surface area (TPSA) is 82.8 Å². The SMILES string of the molecule is CC.CNc1cc(C2CCN(C(=O)O)CC2)nc2ccnn12. The molecule has 0 saturated carbocycles. The first-order chi connectivity index (χ1) is 10.7. The van der Waals surface area contributed by atoms with Crippen molar-refractivity contribution in [3.63, 3.8) is 0 Å². The van der Waals surface area contributed by atoms with Gasteiger partial charge in [-0.05, 0) is 12.8 Å². The summed E-state index contributed by atoms with van der Waals surface area (Å²) in [6.07, 6.45) is 2.51. The Hall–Kier alpha value is -2.31. The second-order valence-electron chi connectivity index (χ2n) is 4.96. The summed E-state index contributed by atoms with van der Waals surface area (Å²) < 4.78 is 1.76. The number of nitrogens with one attached hydrogen (secondary N) is 1. The Balaban J connectivity index is 0.000000847. The number of hydrogen-bond donors (Lipinski definition) is 2. The fraction of sp³-hybridized carbons (Fsp3) is 0.533. The largest absolute Gasteiger partial charge is 0.465 e. The maximum Gasteiger partial charge on any atom is 0.407 e. The lowest BCUT2D eigenvalue weighted by Crippen LogP contribution is -2.37. The number of carboxylic acid groups (broad SMARTS) is 1. The molecule has 22 heavy (non-hydrogen) atoms. The molecule has 0 spiro atoms. The summed E-state index contributed by atoms with van der Waals surface area (Å²) in [7, 11) is 1.85. The first-order valence-corrected chi connectivity index (χ1v) is 7.69. The molecule has 2 aromatic heterocycles. The number of hydrogen-bond acceptors (Lipinski definition) is 4. The number of carbonyl (C=O) groups is 1. The second kappa shape index (κ2) is 7.11. The highest BCUT2D eigenvalue weighted by molar-refractivity contribution is 5.65. The third-order valence-corrected chi connectivity index (χ3v) is 3.82. The maximum absolute atomic E-state index is 10.9. The lowest BCUT2D eigenvalue weighted by atomic mass is 9.93. The fourth-order valence-corrected chi connectivity index (χ4v) is 2.69. The van der Waals surface area contributed by atoms with Crippen molar-refractivity contribution in [1.82, 2.24) is 19.5 Å². The van der Waals surface area contributed by atoms with Crippen molar-refractivity contribution < 1.29 is 9.90 Å². The van der Waals surface area contributed by atoms with Crippen LogP contribution in [-0.4, -0.2) is 50.8 Å². The van der Waals surface area contributed by atoms with Crippen LogP contribution in [0, 0.1) is 0 Å². The van der Waals surface area contributed by atoms with Crippen LogP contribution in [0.15, 0.2) is 18.3 Å². The molecule has 2 aromatic rings. The summed E-state index contributed by atoms with van der Waals surface area (Å²) in [5.41, 5.74) is 1.82. The number of rotatable bonds is 2. The second-order valence-corrected chi connectivity index (χ2v) is 4.96. The number of fused-ring (bicyclic) bond motifs is 1. The Morgan fingerprint density at radius 3 is 2.64 bits per heavy atom. The predicted molar refractivity (Wildman–Crippen MR) is 85.5 cm³/mol. The van der Waals surface area contributed by atoms with E-state index in [2.05, 4.69) is 15.4 Å². The minimum atomic E-state index is -0.835. The van der Waals surface area contributed by atoms with Crippen LogP contribution in [-0.2, 0) is 0 Å². The quantitative estimate of drug-likeness (QED) is 0.891. The summed E-state index contributed by atoms with van der Waals surface area (Å²) in [6, 6.07) is 3.87. The van der Waals surface area contributed by atoms with Gasteiger partial charge in [0.05, 0.1) is 6.20 Å². The van der Waals surface area contributed by atoms with E-state index in [1.165, 1.54) is 4.90 Å². The van der Waals surface area contributed by atoms with E-state index in [1.54, 1.807) is 10.7 Å². The van der Waals surface area contributed by atoms with Crippen molar-refractivity contribution in [3.05, 3.63) is 24.0 Å². The average Bonchev–Trinajstić information content (AvgIpc) is 3.04. The molecule has 1 aliphatic rings. The minimum absolute atomic E-state index is 0.303. The number of aromatic nitrogens is 3. The Kier molecular flexibility index (Phi) is 5.19. The Morgan fingerprint density at radius 1 is 1.36 bits per heavy atom. The van der Waals surface area contributed by atoms with Crippen molar-refractivity contribution in [2.45, 2.75) is 32.6 Å². The molecule has 1 saturated heterocycles. The molecule has 0 bridgehead atoms. The summed E-state index contributed by atoms with van der Waals surface area (Å²) in [6.45, 7) is 5.14. The molecule has 0 radical (unpaired) electrons. The van der Waals surface area contributed by atoms with Crippen LogP contribution in [0.3, 0.4) is 0 Å². The molecule has 7 heteroatoms. The van der Waals surface area contributed by atoms with Gasteiger partial charge in [0, 0.05) is 43.9 Å². The van der Waals surface area contributed by atoms with E-state index in [-0.39, 0.29) is 0 Å². The van der Waals surface area contributed by atoms with Gasteiger partial charge in [0.15, 0.2) is 5.65 Å². The average molecular weight is 305 g/mol. The van der Waals surface area contributed by atoms with Crippen molar-refractivity contribution in [2.75, 3.05) is 25.5 Å². The van der Waals surface area contributed by atoms with Crippen molar-refractivity contribution in [2.24, 2.45) is 0 Å². The monoisotopic (exact) mass is 305 g/mol. The number of anilines is 1. The summed E-state index contributed by atoms with van der Waals surface area (Å²) in [5, 5.41) is 16.3. The number of amides is 1. The van der Waals surface area contributed by atoms with Crippen LogP contribution in [0.4, 0.5) is 10.6 Å². The van der Waals surface area contributed by atoms with Crippen molar-refractivity contribution in [1.29, 1.82) is 0 Å². The summed E-state index contributed by atoms with van der Waals surface area (Å²) in [4.78, 5) is 17.0. The Morgan fingerprint density at radius 2 is 2.05 bits per heavy atom. The van der Waals surface area contributed by atoms with Crippen LogP contribution in [0.5, 0.6) is 0 Å². The Bertz CT molecular complexity index is 632.